The molecule has 0 saturated heterocycles. The summed E-state index contributed by atoms with van der Waals surface area (Å²) in [5.74, 6) is 0. The van der Waals surface area contributed by atoms with Gasteiger partial charge in [0.05, 0.1) is 0 Å². The van der Waals surface area contributed by atoms with Gasteiger partial charge in [-0.1, -0.05) is 0 Å². The van der Waals surface area contributed by atoms with E-state index in [9.17, 15) is 0 Å². The Morgan fingerprint density at radius 3 is 0.538 bits per heavy atom. The Bertz CT molecular complexity index is 12.6. The van der Waals surface area contributed by atoms with Gasteiger partial charge in [0.2, 0.25) is 0 Å². The minimum absolute atomic E-state index is 0. The maximum absolute atomic E-state index is 8.12. The highest BCUT2D eigenvalue weighted by Gasteiger charge is 1.10. The molecule has 0 fully saturated rings. The lowest BCUT2D eigenvalue weighted by Crippen LogP contribution is -2.53. The molecule has 0 radical (unpaired) electrons. The molecule has 13 nitrogen and oxygen atoms in total. The smallest absolute Gasteiger partial charge is 0.00366 e. The summed E-state index contributed by atoms with van der Waals surface area (Å²) in [6, 6.07) is 0. The molecule has 0 spiro atoms. The van der Waals surface area contributed by atoms with Crippen molar-refractivity contribution in [2.24, 2.45) is 0 Å². The highest BCUT2D eigenvalue weighted by Crippen LogP contribution is 0.618. The molecule has 0 bridgehead atoms. The van der Waals surface area contributed by atoms with Crippen LogP contribution in [0.15, 0.2) is 0 Å². The minimum atomic E-state index is 0. The van der Waals surface area contributed by atoms with Gasteiger partial charge in [0.1, 0.15) is 0 Å². The van der Waals surface area contributed by atoms with Gasteiger partial charge in [0.25, 0.3) is 0 Å². The SMILES string of the molecule is O.O.O.O.O.O.O.O.O.O.O=[NH+][O-]. The van der Waals surface area contributed by atoms with E-state index in [0.717, 1.165) is 0 Å². The van der Waals surface area contributed by atoms with E-state index in [-0.39, 0.29) is 60.1 Å². The third kappa shape index (κ3) is 891. The van der Waals surface area contributed by atoms with Crippen molar-refractivity contribution in [3.05, 3.63) is 10.1 Å². The molecular formula is H21NO12. The van der Waals surface area contributed by atoms with Gasteiger partial charge in [-0.2, -0.15) is 0 Å². The summed E-state index contributed by atoms with van der Waals surface area (Å²) in [7, 11) is 0. The van der Waals surface area contributed by atoms with Gasteiger partial charge in [-0.3, -0.25) is 10.1 Å². The maximum Gasteiger partial charge on any atom is 0.00366 e. The number of rotatable bonds is 0. The van der Waals surface area contributed by atoms with Crippen LogP contribution in [0.1, 0.15) is 0 Å². The molecule has 13 heteroatoms. The molecule has 0 aliphatic carbocycles. The van der Waals surface area contributed by atoms with E-state index < -0.39 is 0 Å². The van der Waals surface area contributed by atoms with Crippen LogP contribution >= 0.6 is 0 Å². The first-order chi connectivity index (χ1) is 1.41. The van der Waals surface area contributed by atoms with Gasteiger partial charge in [0.15, 0.2) is 0 Å². The first-order valence-electron chi connectivity index (χ1n) is 0.408. The van der Waals surface area contributed by atoms with Crippen LogP contribution in [0, 0.1) is 10.1 Å². The molecule has 0 aromatic rings. The van der Waals surface area contributed by atoms with Gasteiger partial charge in [0, 0.05) is 5.34 Å². The van der Waals surface area contributed by atoms with E-state index in [1.165, 1.54) is 0 Å². The number of hydrogen-bond donors (Lipinski definition) is 1. The molecule has 0 aromatic heterocycles. The second-order valence-electron chi connectivity index (χ2n) is 0.0833. The van der Waals surface area contributed by atoms with Crippen LogP contribution in [0.2, 0.25) is 0 Å². The molecule has 0 aliphatic heterocycles. The molecule has 0 rings (SSSR count). The van der Waals surface area contributed by atoms with Gasteiger partial charge < -0.3 is 54.8 Å². The van der Waals surface area contributed by atoms with E-state index in [1.54, 1.807) is 0 Å². The molecule has 98 valence electrons. The van der Waals surface area contributed by atoms with Crippen molar-refractivity contribution in [2.75, 3.05) is 0 Å². The monoisotopic (exact) mass is 227 g/mol. The van der Waals surface area contributed by atoms with Crippen molar-refractivity contribution in [3.8, 4) is 0 Å². The second kappa shape index (κ2) is 0. The summed E-state index contributed by atoms with van der Waals surface area (Å²) in [6.45, 7) is 0. The molecule has 0 aliphatic rings. The highest BCUT2D eigenvalue weighted by molar-refractivity contribution is 3.77. The quantitative estimate of drug-likeness (QED) is 0.310. The summed E-state index contributed by atoms with van der Waals surface area (Å²) in [4.78, 5) is 8.12. The molecule has 0 amide bonds. The molecule has 0 aromatic carbocycles. The Kier molecular flexibility index (Phi) is 0. The Balaban J connectivity index is -0.000000000444. The molecule has 13 heavy (non-hydrogen) atoms. The fourth-order valence-corrected chi connectivity index (χ4v) is 0. The zero-order valence-electron chi connectivity index (χ0n) is 6.32. The predicted molar refractivity (Wildman–Crippen MR) is 43.8 cm³/mol. The molecule has 0 saturated carbocycles. The van der Waals surface area contributed by atoms with Crippen LogP contribution in [-0.4, -0.2) is 54.8 Å². The third-order valence-corrected chi connectivity index (χ3v) is 0. The Morgan fingerprint density at radius 2 is 0.538 bits per heavy atom. The maximum atomic E-state index is 8.12. The highest BCUT2D eigenvalue weighted by atomic mass is 16.6. The van der Waals surface area contributed by atoms with Crippen LogP contribution in [0.4, 0.5) is 0 Å². The molecule has 0 unspecified atom stereocenters. The van der Waals surface area contributed by atoms with E-state index in [1.807, 2.05) is 0 Å². The molecule has 21 N–H and O–H groups in total. The van der Waals surface area contributed by atoms with Crippen molar-refractivity contribution < 1.29 is 60.1 Å². The Labute approximate surface area is 71.6 Å². The molecule has 0 heterocycles. The topological polar surface area (TPSA) is 369 Å². The summed E-state index contributed by atoms with van der Waals surface area (Å²) < 4.78 is 0. The fourth-order valence-electron chi connectivity index (χ4n) is 0. The molecule has 0 atom stereocenters. The van der Waals surface area contributed by atoms with Gasteiger partial charge >= 0.3 is 0 Å². The first-order valence-corrected chi connectivity index (χ1v) is 0.408. The lowest BCUT2D eigenvalue weighted by atomic mass is 13.4. The zero-order chi connectivity index (χ0) is 2.71. The van der Waals surface area contributed by atoms with Gasteiger partial charge in [-0.15, -0.1) is 0 Å². The predicted octanol–water partition coefficient (Wildman–Crippen LogP) is -9.92. The van der Waals surface area contributed by atoms with E-state index >= 15 is 0 Å². The van der Waals surface area contributed by atoms with Crippen molar-refractivity contribution in [1.82, 2.24) is 0 Å². The van der Waals surface area contributed by atoms with Gasteiger partial charge in [-0.25, -0.2) is 0 Å². The van der Waals surface area contributed by atoms with E-state index in [0.29, 0.717) is 0 Å². The lowest BCUT2D eigenvalue weighted by molar-refractivity contribution is -0.398. The fraction of sp³-hybridized carbons (Fsp3) is 0. The van der Waals surface area contributed by atoms with Crippen molar-refractivity contribution in [3.63, 3.8) is 0 Å². The Hall–Kier alpha value is -1.00. The number of hydrogen-bond acceptors (Lipinski definition) is 2. The van der Waals surface area contributed by atoms with Crippen molar-refractivity contribution in [2.45, 2.75) is 0 Å². The minimum Gasteiger partial charge on any atom is -0.412 e. The average molecular weight is 227 g/mol. The van der Waals surface area contributed by atoms with E-state index in [2.05, 4.69) is 0 Å². The Morgan fingerprint density at radius 1 is 0.538 bits per heavy atom. The van der Waals surface area contributed by atoms with Crippen LogP contribution in [0.5, 0.6) is 0 Å². The lowest BCUT2D eigenvalue weighted by Gasteiger charge is -1.36. The third-order valence-electron chi connectivity index (χ3n) is 0. The standard InChI is InChI=1S/HNO2.10H2O/c2-1-3;;;;;;;;;;/h1H;10*1H2. The van der Waals surface area contributed by atoms with E-state index in [4.69, 9.17) is 10.1 Å². The second-order valence-corrected chi connectivity index (χ2v) is 0.0833. The summed E-state index contributed by atoms with van der Waals surface area (Å²) in [5, 5.41) is 8.38. The van der Waals surface area contributed by atoms with Crippen LogP contribution in [0.3, 0.4) is 0 Å². The van der Waals surface area contributed by atoms with Gasteiger partial charge in [-0.05, 0) is 0 Å². The zero-order valence-corrected chi connectivity index (χ0v) is 6.32. The van der Waals surface area contributed by atoms with Crippen molar-refractivity contribution >= 4 is 0 Å². The normalized spacial score (nSPS) is 0.923. The van der Waals surface area contributed by atoms with Crippen LogP contribution in [-0.2, 0) is 0 Å². The first kappa shape index (κ1) is 1450. The summed E-state index contributed by atoms with van der Waals surface area (Å²) >= 11 is 0. The number of nitrogens with one attached hydrogen (secondary N) is 1. The van der Waals surface area contributed by atoms with Crippen molar-refractivity contribution in [1.29, 1.82) is 0 Å². The summed E-state index contributed by atoms with van der Waals surface area (Å²) in [6.07, 6.45) is 0. The largest absolute Gasteiger partial charge is 0.412 e. The van der Waals surface area contributed by atoms with Crippen LogP contribution < -0.4 is 5.34 Å². The molecular weight excluding hydrogens is 206 g/mol. The average Bonchev–Trinajstić information content (AvgIpc) is 0.918. The van der Waals surface area contributed by atoms with Crippen LogP contribution in [0.25, 0.3) is 0 Å². The summed E-state index contributed by atoms with van der Waals surface area (Å²) in [5.41, 5.74) is 0.